The summed E-state index contributed by atoms with van der Waals surface area (Å²) < 4.78 is 1.99. The molecule has 0 saturated carbocycles. The molecule has 182 valence electrons. The largest absolute Gasteiger partial charge is 0.324 e. The second kappa shape index (κ2) is 11.0. The first-order chi connectivity index (χ1) is 17.5. The fourth-order valence-corrected chi connectivity index (χ4v) is 4.15. The van der Waals surface area contributed by atoms with E-state index in [1.807, 2.05) is 55.6 Å². The Balaban J connectivity index is 0.000000967. The minimum absolute atomic E-state index is 0.00710. The molecule has 2 aromatic carbocycles. The van der Waals surface area contributed by atoms with Crippen molar-refractivity contribution in [2.45, 2.75) is 33.7 Å². The molecule has 3 N–H and O–H groups in total. The van der Waals surface area contributed by atoms with Gasteiger partial charge in [-0.05, 0) is 57.2 Å². The van der Waals surface area contributed by atoms with Crippen LogP contribution >= 0.6 is 0 Å². The number of aliphatic imine (C=N–C) groups is 1. The number of aromatic nitrogens is 4. The average Bonchev–Trinajstić information content (AvgIpc) is 3.34. The van der Waals surface area contributed by atoms with Gasteiger partial charge in [0.05, 0.1) is 16.9 Å². The third kappa shape index (κ3) is 4.92. The van der Waals surface area contributed by atoms with E-state index in [4.69, 9.17) is 16.1 Å². The number of nitrogens with zero attached hydrogens (tertiary/aromatic N) is 5. The van der Waals surface area contributed by atoms with Gasteiger partial charge in [0.1, 0.15) is 0 Å². The number of hydrogen-bond donors (Lipinski definition) is 2. The van der Waals surface area contributed by atoms with Crippen molar-refractivity contribution in [3.8, 4) is 22.4 Å². The van der Waals surface area contributed by atoms with Crippen LogP contribution in [-0.4, -0.2) is 38.1 Å². The molecule has 3 aromatic heterocycles. The van der Waals surface area contributed by atoms with Crippen molar-refractivity contribution in [2.75, 3.05) is 6.54 Å². The number of hydrogen-bond acceptors (Lipinski definition) is 6. The van der Waals surface area contributed by atoms with Crippen LogP contribution in [0.2, 0.25) is 0 Å². The van der Waals surface area contributed by atoms with Gasteiger partial charge in [-0.3, -0.25) is 9.39 Å². The number of benzene rings is 2. The third-order valence-electron chi connectivity index (χ3n) is 5.88. The lowest BCUT2D eigenvalue weighted by atomic mass is 9.96. The summed E-state index contributed by atoms with van der Waals surface area (Å²) in [6.45, 7) is 8.34. The smallest absolute Gasteiger partial charge is 0.182 e. The molecule has 0 bridgehead atoms. The molecule has 7 heteroatoms. The molecule has 0 amide bonds. The zero-order valence-electron chi connectivity index (χ0n) is 21.1. The molecule has 0 aliphatic heterocycles. The van der Waals surface area contributed by atoms with Crippen molar-refractivity contribution in [1.29, 1.82) is 5.41 Å². The summed E-state index contributed by atoms with van der Waals surface area (Å²) in [7, 11) is 0. The second-order valence-electron chi connectivity index (χ2n) is 8.48. The van der Waals surface area contributed by atoms with E-state index in [9.17, 15) is 0 Å². The Morgan fingerprint density at radius 3 is 2.39 bits per heavy atom. The highest BCUT2D eigenvalue weighted by atomic mass is 15.3. The quantitative estimate of drug-likeness (QED) is 0.298. The van der Waals surface area contributed by atoms with Gasteiger partial charge >= 0.3 is 0 Å². The van der Waals surface area contributed by atoms with Gasteiger partial charge in [0.2, 0.25) is 0 Å². The van der Waals surface area contributed by atoms with E-state index < -0.39 is 0 Å². The summed E-state index contributed by atoms with van der Waals surface area (Å²) in [6.07, 6.45) is 3.22. The summed E-state index contributed by atoms with van der Waals surface area (Å²) >= 11 is 0. The SMILES string of the molecule is CC=N.CCN=C(C)c1nnc2c3cc(-c4ccccc4)c(-c4ccc(C(C)N)cc4)nc3ccn12. The van der Waals surface area contributed by atoms with Crippen LogP contribution in [0.5, 0.6) is 0 Å². The van der Waals surface area contributed by atoms with Crippen molar-refractivity contribution in [3.63, 3.8) is 0 Å². The molecule has 5 rings (SSSR count). The Morgan fingerprint density at radius 1 is 1.06 bits per heavy atom. The van der Waals surface area contributed by atoms with E-state index in [0.717, 1.165) is 56.0 Å². The molecule has 0 saturated heterocycles. The van der Waals surface area contributed by atoms with Crippen LogP contribution in [0.3, 0.4) is 0 Å². The first-order valence-electron chi connectivity index (χ1n) is 12.0. The molecule has 0 aliphatic carbocycles. The molecule has 0 aliphatic rings. The van der Waals surface area contributed by atoms with E-state index >= 15 is 0 Å². The fourth-order valence-electron chi connectivity index (χ4n) is 4.15. The number of rotatable bonds is 5. The van der Waals surface area contributed by atoms with Gasteiger partial charge in [0, 0.05) is 35.3 Å². The molecule has 0 radical (unpaired) electrons. The van der Waals surface area contributed by atoms with Gasteiger partial charge in [-0.2, -0.15) is 0 Å². The molecule has 0 fully saturated rings. The zero-order chi connectivity index (χ0) is 25.7. The van der Waals surface area contributed by atoms with Gasteiger partial charge in [-0.1, -0.05) is 54.6 Å². The highest BCUT2D eigenvalue weighted by Gasteiger charge is 2.16. The zero-order valence-corrected chi connectivity index (χ0v) is 21.1. The van der Waals surface area contributed by atoms with Crippen LogP contribution in [0.1, 0.15) is 45.1 Å². The van der Waals surface area contributed by atoms with E-state index in [-0.39, 0.29) is 6.04 Å². The summed E-state index contributed by atoms with van der Waals surface area (Å²) in [6, 6.07) is 22.8. The van der Waals surface area contributed by atoms with Gasteiger partial charge < -0.3 is 11.1 Å². The number of nitrogens with one attached hydrogen (secondary N) is 1. The van der Waals surface area contributed by atoms with E-state index in [1.165, 1.54) is 6.21 Å². The van der Waals surface area contributed by atoms with Gasteiger partial charge in [-0.25, -0.2) is 4.98 Å². The van der Waals surface area contributed by atoms with Crippen LogP contribution in [0.25, 0.3) is 38.9 Å². The van der Waals surface area contributed by atoms with Gasteiger partial charge in [0.15, 0.2) is 11.5 Å². The maximum Gasteiger partial charge on any atom is 0.182 e. The molecule has 36 heavy (non-hydrogen) atoms. The number of nitrogens with two attached hydrogens (primary N) is 1. The maximum atomic E-state index is 6.08. The number of pyridine rings is 2. The first-order valence-corrected chi connectivity index (χ1v) is 12.0. The molecule has 0 spiro atoms. The molecule has 5 aromatic rings. The van der Waals surface area contributed by atoms with Crippen molar-refractivity contribution in [3.05, 3.63) is 84.3 Å². The maximum absolute atomic E-state index is 6.08. The lowest BCUT2D eigenvalue weighted by Crippen LogP contribution is -2.04. The monoisotopic (exact) mass is 477 g/mol. The van der Waals surface area contributed by atoms with Crippen LogP contribution in [-0.2, 0) is 0 Å². The highest BCUT2D eigenvalue weighted by Crippen LogP contribution is 2.34. The predicted molar refractivity (Wildman–Crippen MR) is 149 cm³/mol. The lowest BCUT2D eigenvalue weighted by Gasteiger charge is -2.13. The van der Waals surface area contributed by atoms with Gasteiger partial charge in [0.25, 0.3) is 0 Å². The van der Waals surface area contributed by atoms with Crippen molar-refractivity contribution in [2.24, 2.45) is 10.7 Å². The van der Waals surface area contributed by atoms with Crippen molar-refractivity contribution < 1.29 is 0 Å². The minimum Gasteiger partial charge on any atom is -0.324 e. The number of fused-ring (bicyclic) bond motifs is 3. The Labute approximate surface area is 211 Å². The fraction of sp³-hybridized carbons (Fsp3) is 0.207. The van der Waals surface area contributed by atoms with Crippen LogP contribution in [0, 0.1) is 5.41 Å². The standard InChI is InChI=1S/C27H26N6.C2H5N/c1-4-29-18(3)26-31-32-27-23-16-22(20-8-6-5-7-9-20)25(30-24(23)14-15-33(26)27)21-12-10-19(11-13-21)17(2)28;1-2-3/h5-17H,4,28H2,1-3H3;2-3H,1H3. The minimum atomic E-state index is -0.00710. The van der Waals surface area contributed by atoms with E-state index in [0.29, 0.717) is 6.54 Å². The summed E-state index contributed by atoms with van der Waals surface area (Å²) in [4.78, 5) is 9.60. The second-order valence-corrected chi connectivity index (χ2v) is 8.48. The molecule has 7 nitrogen and oxygen atoms in total. The normalized spacial score (nSPS) is 12.3. The van der Waals surface area contributed by atoms with Crippen LogP contribution in [0.15, 0.2) is 77.9 Å². The van der Waals surface area contributed by atoms with Crippen molar-refractivity contribution >= 4 is 28.5 Å². The van der Waals surface area contributed by atoms with E-state index in [2.05, 4.69) is 57.7 Å². The Hall–Kier alpha value is -4.23. The Kier molecular flexibility index (Phi) is 7.61. The van der Waals surface area contributed by atoms with Gasteiger partial charge in [-0.15, -0.1) is 10.2 Å². The first kappa shape index (κ1) is 24.9. The topological polar surface area (TPSA) is 105 Å². The summed E-state index contributed by atoms with van der Waals surface area (Å²) in [5, 5.41) is 15.9. The Morgan fingerprint density at radius 2 is 1.75 bits per heavy atom. The Bertz CT molecular complexity index is 1510. The molecular formula is C29H31N7. The molecule has 3 heterocycles. The van der Waals surface area contributed by atoms with E-state index in [1.54, 1.807) is 6.92 Å². The highest BCUT2D eigenvalue weighted by molar-refractivity contribution is 6.01. The molecule has 1 atom stereocenters. The van der Waals surface area contributed by atoms with Crippen LogP contribution in [0.4, 0.5) is 0 Å². The molecule has 1 unspecified atom stereocenters. The average molecular weight is 478 g/mol. The molecular weight excluding hydrogens is 446 g/mol. The predicted octanol–water partition coefficient (Wildman–Crippen LogP) is 6.12. The summed E-state index contributed by atoms with van der Waals surface area (Å²) in [5.41, 5.74) is 13.8. The third-order valence-corrected chi connectivity index (χ3v) is 5.88. The van der Waals surface area contributed by atoms with Crippen LogP contribution < -0.4 is 5.73 Å². The lowest BCUT2D eigenvalue weighted by molar-refractivity contribution is 0.818. The summed E-state index contributed by atoms with van der Waals surface area (Å²) in [5.74, 6) is 0.755. The van der Waals surface area contributed by atoms with Crippen molar-refractivity contribution in [1.82, 2.24) is 19.6 Å².